The van der Waals surface area contributed by atoms with Crippen molar-refractivity contribution in [2.24, 2.45) is 11.7 Å². The van der Waals surface area contributed by atoms with E-state index < -0.39 is 10.8 Å². The van der Waals surface area contributed by atoms with Gasteiger partial charge < -0.3 is 16.4 Å². The monoisotopic (exact) mass is 266 g/mol. The fourth-order valence-electron chi connectivity index (χ4n) is 1.80. The Kier molecular flexibility index (Phi) is 4.68. The number of primary amides is 1. The predicted octanol–water partition coefficient (Wildman–Crippen LogP) is 1.12. The normalized spacial score (nSPS) is 10.5. The van der Waals surface area contributed by atoms with Crippen LogP contribution in [-0.2, 0) is 4.79 Å². The van der Waals surface area contributed by atoms with Gasteiger partial charge in [0.05, 0.1) is 11.5 Å². The van der Waals surface area contributed by atoms with Crippen LogP contribution in [0.25, 0.3) is 0 Å². The molecule has 1 amide bonds. The number of nitro benzene ring substituents is 1. The van der Waals surface area contributed by atoms with Crippen LogP contribution in [0.4, 0.5) is 17.1 Å². The molecule has 0 saturated heterocycles. The lowest BCUT2D eigenvalue weighted by Crippen LogP contribution is -2.36. The standard InChI is InChI=1S/C12H18N4O3/c1-8(2)6-15(7-12(14)17)10-3-9(13)4-11(5-10)16(18)19/h3-5,8H,6-7,13H2,1-2H3,(H2,14,17). The van der Waals surface area contributed by atoms with Gasteiger partial charge in [0.2, 0.25) is 5.91 Å². The van der Waals surface area contributed by atoms with E-state index in [1.807, 2.05) is 13.8 Å². The predicted molar refractivity (Wildman–Crippen MR) is 73.8 cm³/mol. The van der Waals surface area contributed by atoms with Crippen molar-refractivity contribution < 1.29 is 9.72 Å². The highest BCUT2D eigenvalue weighted by Gasteiger charge is 2.16. The number of hydrogen-bond acceptors (Lipinski definition) is 5. The van der Waals surface area contributed by atoms with E-state index in [1.165, 1.54) is 12.1 Å². The second kappa shape index (κ2) is 6.03. The zero-order chi connectivity index (χ0) is 14.6. The SMILES string of the molecule is CC(C)CN(CC(N)=O)c1cc(N)cc([N+](=O)[O-])c1. The number of nitrogens with two attached hydrogens (primary N) is 2. The lowest BCUT2D eigenvalue weighted by atomic mass is 10.1. The third-order valence-corrected chi connectivity index (χ3v) is 2.43. The summed E-state index contributed by atoms with van der Waals surface area (Å²) in [5.74, 6) is -0.217. The number of hydrogen-bond donors (Lipinski definition) is 2. The van der Waals surface area contributed by atoms with Crippen molar-refractivity contribution in [1.29, 1.82) is 0 Å². The largest absolute Gasteiger partial charge is 0.398 e. The number of carbonyl (C=O) groups is 1. The maximum absolute atomic E-state index is 11.1. The van der Waals surface area contributed by atoms with Crippen LogP contribution in [0.2, 0.25) is 0 Å². The summed E-state index contributed by atoms with van der Waals surface area (Å²) < 4.78 is 0. The molecular weight excluding hydrogens is 248 g/mol. The molecular formula is C12H18N4O3. The Labute approximate surface area is 111 Å². The molecule has 0 spiro atoms. The highest BCUT2D eigenvalue weighted by Crippen LogP contribution is 2.25. The van der Waals surface area contributed by atoms with Crippen LogP contribution >= 0.6 is 0 Å². The number of nitro groups is 1. The molecule has 4 N–H and O–H groups in total. The Morgan fingerprint density at radius 2 is 2.05 bits per heavy atom. The van der Waals surface area contributed by atoms with E-state index in [1.54, 1.807) is 11.0 Å². The summed E-state index contributed by atoms with van der Waals surface area (Å²) in [6.07, 6.45) is 0. The number of nitrogen functional groups attached to an aromatic ring is 1. The van der Waals surface area contributed by atoms with Gasteiger partial charge in [0.1, 0.15) is 0 Å². The summed E-state index contributed by atoms with van der Waals surface area (Å²) in [5, 5.41) is 10.8. The van der Waals surface area contributed by atoms with Gasteiger partial charge in [-0.3, -0.25) is 14.9 Å². The number of benzene rings is 1. The maximum Gasteiger partial charge on any atom is 0.273 e. The van der Waals surface area contributed by atoms with Crippen molar-refractivity contribution in [3.8, 4) is 0 Å². The van der Waals surface area contributed by atoms with Gasteiger partial charge in [0.25, 0.3) is 5.69 Å². The summed E-state index contributed by atoms with van der Waals surface area (Å²) >= 11 is 0. The van der Waals surface area contributed by atoms with Crippen LogP contribution in [-0.4, -0.2) is 23.9 Å². The van der Waals surface area contributed by atoms with E-state index in [0.29, 0.717) is 12.2 Å². The number of nitrogens with zero attached hydrogens (tertiary/aromatic N) is 2. The van der Waals surface area contributed by atoms with Gasteiger partial charge in [-0.15, -0.1) is 0 Å². The minimum Gasteiger partial charge on any atom is -0.398 e. The number of anilines is 2. The molecule has 1 aromatic rings. The van der Waals surface area contributed by atoms with Gasteiger partial charge >= 0.3 is 0 Å². The topological polar surface area (TPSA) is 115 Å². The first kappa shape index (κ1) is 14.7. The second-order valence-electron chi connectivity index (χ2n) is 4.78. The minimum atomic E-state index is -0.516. The molecule has 19 heavy (non-hydrogen) atoms. The van der Waals surface area contributed by atoms with Gasteiger partial charge in [-0.05, 0) is 12.0 Å². The molecule has 0 aromatic heterocycles. The van der Waals surface area contributed by atoms with Crippen LogP contribution in [0.3, 0.4) is 0 Å². The number of carbonyl (C=O) groups excluding carboxylic acids is 1. The van der Waals surface area contributed by atoms with E-state index >= 15 is 0 Å². The fraction of sp³-hybridized carbons (Fsp3) is 0.417. The molecule has 0 aliphatic carbocycles. The Balaban J connectivity index is 3.13. The molecule has 104 valence electrons. The molecule has 0 heterocycles. The first-order chi connectivity index (χ1) is 8.79. The van der Waals surface area contributed by atoms with Crippen LogP contribution in [0, 0.1) is 16.0 Å². The molecule has 0 bridgehead atoms. The van der Waals surface area contributed by atoms with Gasteiger partial charge in [-0.1, -0.05) is 13.8 Å². The van der Waals surface area contributed by atoms with Crippen molar-refractivity contribution in [3.63, 3.8) is 0 Å². The van der Waals surface area contributed by atoms with E-state index in [-0.39, 0.29) is 23.8 Å². The summed E-state index contributed by atoms with van der Waals surface area (Å²) in [5.41, 5.74) is 11.5. The number of non-ortho nitro benzene ring substituents is 1. The van der Waals surface area contributed by atoms with Gasteiger partial charge in [0.15, 0.2) is 0 Å². The fourth-order valence-corrected chi connectivity index (χ4v) is 1.80. The van der Waals surface area contributed by atoms with E-state index in [0.717, 1.165) is 0 Å². The van der Waals surface area contributed by atoms with Crippen molar-refractivity contribution in [3.05, 3.63) is 28.3 Å². The summed E-state index contributed by atoms with van der Waals surface area (Å²) in [6, 6.07) is 4.27. The Bertz CT molecular complexity index is 488. The Hall–Kier alpha value is -2.31. The Morgan fingerprint density at radius 1 is 1.42 bits per heavy atom. The minimum absolute atomic E-state index is 0.00120. The molecule has 0 radical (unpaired) electrons. The lowest BCUT2D eigenvalue weighted by Gasteiger charge is -2.25. The number of amides is 1. The molecule has 1 aromatic carbocycles. The maximum atomic E-state index is 11.1. The third kappa shape index (κ3) is 4.46. The van der Waals surface area contributed by atoms with E-state index in [2.05, 4.69) is 0 Å². The summed E-state index contributed by atoms with van der Waals surface area (Å²) in [6.45, 7) is 4.52. The summed E-state index contributed by atoms with van der Waals surface area (Å²) in [4.78, 5) is 23.1. The summed E-state index contributed by atoms with van der Waals surface area (Å²) in [7, 11) is 0. The van der Waals surface area contributed by atoms with Crippen LogP contribution < -0.4 is 16.4 Å². The molecule has 7 nitrogen and oxygen atoms in total. The van der Waals surface area contributed by atoms with E-state index in [4.69, 9.17) is 11.5 Å². The number of rotatable bonds is 6. The Morgan fingerprint density at radius 3 is 2.53 bits per heavy atom. The lowest BCUT2D eigenvalue weighted by molar-refractivity contribution is -0.384. The van der Waals surface area contributed by atoms with Crippen LogP contribution in [0.15, 0.2) is 18.2 Å². The van der Waals surface area contributed by atoms with Gasteiger partial charge in [-0.25, -0.2) is 0 Å². The average molecular weight is 266 g/mol. The average Bonchev–Trinajstić information content (AvgIpc) is 2.25. The van der Waals surface area contributed by atoms with Gasteiger partial charge in [-0.2, -0.15) is 0 Å². The van der Waals surface area contributed by atoms with Crippen molar-refractivity contribution in [2.45, 2.75) is 13.8 Å². The third-order valence-electron chi connectivity index (χ3n) is 2.43. The highest BCUT2D eigenvalue weighted by molar-refractivity contribution is 5.80. The van der Waals surface area contributed by atoms with E-state index in [9.17, 15) is 14.9 Å². The quantitative estimate of drug-likeness (QED) is 0.455. The molecule has 7 heteroatoms. The smallest absolute Gasteiger partial charge is 0.273 e. The second-order valence-corrected chi connectivity index (χ2v) is 4.78. The molecule has 1 rings (SSSR count). The molecule has 0 fully saturated rings. The molecule has 0 unspecified atom stereocenters. The first-order valence-electron chi connectivity index (χ1n) is 5.87. The highest BCUT2D eigenvalue weighted by atomic mass is 16.6. The van der Waals surface area contributed by atoms with Crippen molar-refractivity contribution >= 4 is 23.0 Å². The van der Waals surface area contributed by atoms with Crippen LogP contribution in [0.5, 0.6) is 0 Å². The van der Waals surface area contributed by atoms with Crippen LogP contribution in [0.1, 0.15) is 13.8 Å². The zero-order valence-electron chi connectivity index (χ0n) is 11.0. The zero-order valence-corrected chi connectivity index (χ0v) is 11.0. The molecule has 0 atom stereocenters. The molecule has 0 aliphatic rings. The van der Waals surface area contributed by atoms with Crippen molar-refractivity contribution in [1.82, 2.24) is 0 Å². The van der Waals surface area contributed by atoms with Crippen molar-refractivity contribution in [2.75, 3.05) is 23.7 Å². The first-order valence-corrected chi connectivity index (χ1v) is 5.87. The molecule has 0 aliphatic heterocycles. The molecule has 0 saturated carbocycles. The van der Waals surface area contributed by atoms with Gasteiger partial charge in [0, 0.05) is 30.1 Å².